The number of aromatic nitrogens is 3. The Balaban J connectivity index is 2.02. The van der Waals surface area contributed by atoms with Crippen LogP contribution >= 0.6 is 11.6 Å². The van der Waals surface area contributed by atoms with E-state index in [-0.39, 0.29) is 5.02 Å². The Morgan fingerprint density at radius 2 is 2.21 bits per heavy atom. The molecule has 0 saturated carbocycles. The third-order valence-corrected chi connectivity index (χ3v) is 2.89. The van der Waals surface area contributed by atoms with Crippen LogP contribution in [0.3, 0.4) is 0 Å². The van der Waals surface area contributed by atoms with E-state index in [4.69, 9.17) is 11.6 Å². The van der Waals surface area contributed by atoms with Crippen molar-refractivity contribution in [2.75, 3.05) is 5.32 Å². The van der Waals surface area contributed by atoms with Crippen molar-refractivity contribution < 1.29 is 4.39 Å². The van der Waals surface area contributed by atoms with Crippen LogP contribution < -0.4 is 5.32 Å². The van der Waals surface area contributed by atoms with Gasteiger partial charge in [-0.1, -0.05) is 25.4 Å². The van der Waals surface area contributed by atoms with Gasteiger partial charge in [0.2, 0.25) is 0 Å². The molecule has 0 bridgehead atoms. The third kappa shape index (κ3) is 3.67. The standard InChI is InChI=1S/C13H16ClFN4/c1-9(2)7-19-13(17-8-18-19)6-16-10-3-4-12(15)11(14)5-10/h3-5,8-9,16H,6-7H2,1-2H3. The van der Waals surface area contributed by atoms with Crippen LogP contribution in [-0.4, -0.2) is 14.8 Å². The molecule has 1 aromatic heterocycles. The molecule has 19 heavy (non-hydrogen) atoms. The van der Waals surface area contributed by atoms with Crippen molar-refractivity contribution in [3.63, 3.8) is 0 Å². The highest BCUT2D eigenvalue weighted by molar-refractivity contribution is 6.31. The lowest BCUT2D eigenvalue weighted by Gasteiger charge is -2.10. The fraction of sp³-hybridized carbons (Fsp3) is 0.385. The topological polar surface area (TPSA) is 42.7 Å². The molecule has 0 aliphatic rings. The van der Waals surface area contributed by atoms with Crippen LogP contribution in [0.15, 0.2) is 24.5 Å². The van der Waals surface area contributed by atoms with E-state index in [2.05, 4.69) is 29.2 Å². The van der Waals surface area contributed by atoms with E-state index in [1.165, 1.54) is 12.4 Å². The zero-order chi connectivity index (χ0) is 13.8. The molecule has 0 fully saturated rings. The first kappa shape index (κ1) is 13.8. The Morgan fingerprint density at radius 3 is 2.89 bits per heavy atom. The number of nitrogens with zero attached hydrogens (tertiary/aromatic N) is 3. The van der Waals surface area contributed by atoms with E-state index in [1.807, 2.05) is 4.68 Å². The summed E-state index contributed by atoms with van der Waals surface area (Å²) in [5.74, 6) is 0.921. The second kappa shape index (κ2) is 6.02. The summed E-state index contributed by atoms with van der Waals surface area (Å²) >= 11 is 5.73. The number of benzene rings is 1. The second-order valence-electron chi connectivity index (χ2n) is 4.73. The predicted molar refractivity (Wildman–Crippen MR) is 73.6 cm³/mol. The zero-order valence-corrected chi connectivity index (χ0v) is 11.7. The molecule has 0 saturated heterocycles. The molecule has 0 aliphatic heterocycles. The Bertz CT molecular complexity index is 553. The van der Waals surface area contributed by atoms with Gasteiger partial charge in [0.15, 0.2) is 0 Å². The van der Waals surface area contributed by atoms with E-state index < -0.39 is 5.82 Å². The summed E-state index contributed by atoms with van der Waals surface area (Å²) in [7, 11) is 0. The van der Waals surface area contributed by atoms with Gasteiger partial charge in [0.25, 0.3) is 0 Å². The number of hydrogen-bond acceptors (Lipinski definition) is 3. The van der Waals surface area contributed by atoms with E-state index >= 15 is 0 Å². The maximum atomic E-state index is 13.0. The van der Waals surface area contributed by atoms with Gasteiger partial charge in [-0.3, -0.25) is 0 Å². The molecule has 0 atom stereocenters. The summed E-state index contributed by atoms with van der Waals surface area (Å²) in [5, 5.41) is 7.44. The maximum absolute atomic E-state index is 13.0. The molecule has 6 heteroatoms. The lowest BCUT2D eigenvalue weighted by molar-refractivity contribution is 0.468. The highest BCUT2D eigenvalue weighted by atomic mass is 35.5. The van der Waals surface area contributed by atoms with Crippen LogP contribution in [-0.2, 0) is 13.1 Å². The molecular weight excluding hydrogens is 267 g/mol. The molecular formula is C13H16ClFN4. The average molecular weight is 283 g/mol. The summed E-state index contributed by atoms with van der Waals surface area (Å²) < 4.78 is 14.9. The summed E-state index contributed by atoms with van der Waals surface area (Å²) in [6.45, 7) is 5.59. The lowest BCUT2D eigenvalue weighted by Crippen LogP contribution is -2.13. The van der Waals surface area contributed by atoms with Crippen LogP contribution in [0.1, 0.15) is 19.7 Å². The van der Waals surface area contributed by atoms with Crippen molar-refractivity contribution >= 4 is 17.3 Å². The summed E-state index contributed by atoms with van der Waals surface area (Å²) in [5.41, 5.74) is 0.755. The summed E-state index contributed by atoms with van der Waals surface area (Å²) in [6, 6.07) is 4.54. The van der Waals surface area contributed by atoms with Gasteiger partial charge in [0, 0.05) is 12.2 Å². The Morgan fingerprint density at radius 1 is 1.42 bits per heavy atom. The second-order valence-corrected chi connectivity index (χ2v) is 5.14. The minimum Gasteiger partial charge on any atom is -0.378 e. The molecule has 2 aromatic rings. The molecule has 1 heterocycles. The molecule has 2 rings (SSSR count). The number of hydrogen-bond donors (Lipinski definition) is 1. The van der Waals surface area contributed by atoms with Crippen LogP contribution in [0, 0.1) is 11.7 Å². The molecule has 0 spiro atoms. The van der Waals surface area contributed by atoms with Crippen molar-refractivity contribution in [3.8, 4) is 0 Å². The molecule has 0 unspecified atom stereocenters. The van der Waals surface area contributed by atoms with Gasteiger partial charge in [-0.05, 0) is 24.1 Å². The van der Waals surface area contributed by atoms with Gasteiger partial charge in [-0.15, -0.1) is 0 Å². The van der Waals surface area contributed by atoms with E-state index in [0.29, 0.717) is 12.5 Å². The van der Waals surface area contributed by atoms with Gasteiger partial charge in [-0.25, -0.2) is 14.1 Å². The van der Waals surface area contributed by atoms with Crippen LogP contribution in [0.2, 0.25) is 5.02 Å². The largest absolute Gasteiger partial charge is 0.378 e. The van der Waals surface area contributed by atoms with Crippen molar-refractivity contribution in [2.24, 2.45) is 5.92 Å². The first-order valence-electron chi connectivity index (χ1n) is 6.12. The first-order valence-corrected chi connectivity index (χ1v) is 6.49. The summed E-state index contributed by atoms with van der Waals surface area (Å²) in [4.78, 5) is 4.21. The van der Waals surface area contributed by atoms with Crippen LogP contribution in [0.25, 0.3) is 0 Å². The molecule has 102 valence electrons. The lowest BCUT2D eigenvalue weighted by atomic mass is 10.2. The van der Waals surface area contributed by atoms with Crippen molar-refractivity contribution in [1.82, 2.24) is 14.8 Å². The van der Waals surface area contributed by atoms with Gasteiger partial charge < -0.3 is 5.32 Å². The third-order valence-electron chi connectivity index (χ3n) is 2.60. The zero-order valence-electron chi connectivity index (χ0n) is 10.9. The van der Waals surface area contributed by atoms with E-state index in [1.54, 1.807) is 12.1 Å². The van der Waals surface area contributed by atoms with Gasteiger partial charge in [0.1, 0.15) is 18.0 Å². The molecule has 0 radical (unpaired) electrons. The molecule has 4 nitrogen and oxygen atoms in total. The monoisotopic (exact) mass is 282 g/mol. The molecule has 0 amide bonds. The number of rotatable bonds is 5. The van der Waals surface area contributed by atoms with E-state index in [9.17, 15) is 4.39 Å². The summed E-state index contributed by atoms with van der Waals surface area (Å²) in [6.07, 6.45) is 1.54. The predicted octanol–water partition coefficient (Wildman–Crippen LogP) is 3.34. The first-order chi connectivity index (χ1) is 9.06. The van der Waals surface area contributed by atoms with Crippen molar-refractivity contribution in [2.45, 2.75) is 26.9 Å². The van der Waals surface area contributed by atoms with Gasteiger partial charge in [0.05, 0.1) is 11.6 Å². The molecule has 1 aromatic carbocycles. The number of anilines is 1. The van der Waals surface area contributed by atoms with Gasteiger partial charge >= 0.3 is 0 Å². The smallest absolute Gasteiger partial charge is 0.146 e. The highest BCUT2D eigenvalue weighted by Gasteiger charge is 2.06. The molecule has 0 aliphatic carbocycles. The van der Waals surface area contributed by atoms with Crippen LogP contribution in [0.5, 0.6) is 0 Å². The normalized spacial score (nSPS) is 11.0. The fourth-order valence-corrected chi connectivity index (χ4v) is 1.89. The van der Waals surface area contributed by atoms with E-state index in [0.717, 1.165) is 18.1 Å². The number of halogens is 2. The van der Waals surface area contributed by atoms with Crippen molar-refractivity contribution in [1.29, 1.82) is 0 Å². The highest BCUT2D eigenvalue weighted by Crippen LogP contribution is 2.19. The fourth-order valence-electron chi connectivity index (χ4n) is 1.71. The minimum atomic E-state index is -0.421. The van der Waals surface area contributed by atoms with Crippen LogP contribution in [0.4, 0.5) is 10.1 Å². The van der Waals surface area contributed by atoms with Crippen molar-refractivity contribution in [3.05, 3.63) is 41.2 Å². The minimum absolute atomic E-state index is 0.105. The Kier molecular flexibility index (Phi) is 4.37. The number of nitrogens with one attached hydrogen (secondary N) is 1. The average Bonchev–Trinajstić information content (AvgIpc) is 2.77. The Labute approximate surface area is 116 Å². The Hall–Kier alpha value is -1.62. The molecule has 1 N–H and O–H groups in total. The quantitative estimate of drug-likeness (QED) is 0.915. The van der Waals surface area contributed by atoms with Gasteiger partial charge in [-0.2, -0.15) is 5.10 Å². The SMILES string of the molecule is CC(C)Cn1ncnc1CNc1ccc(F)c(Cl)c1. The maximum Gasteiger partial charge on any atom is 0.146 e.